The quantitative estimate of drug-likeness (QED) is 0.513. The highest BCUT2D eigenvalue weighted by Gasteiger charge is 2.07. The average Bonchev–Trinajstić information content (AvgIpc) is 2.59. The third-order valence-corrected chi connectivity index (χ3v) is 5.33. The fraction of sp³-hybridized carbons (Fsp3) is 0.111. The Morgan fingerprint density at radius 3 is 2.92 bits per heavy atom. The van der Waals surface area contributed by atoms with Gasteiger partial charge in [0.1, 0.15) is 0 Å². The van der Waals surface area contributed by atoms with Gasteiger partial charge < -0.3 is 0 Å². The van der Waals surface area contributed by atoms with Crippen LogP contribution in [0.25, 0.3) is 18.8 Å². The highest BCUT2D eigenvalue weighted by molar-refractivity contribution is 7.48. The van der Waals surface area contributed by atoms with Crippen LogP contribution in [0, 0.1) is 6.92 Å². The molecule has 0 aliphatic rings. The molecule has 12 heavy (non-hydrogen) atoms. The minimum Gasteiger partial charge on any atom is -0.133 e. The molecule has 0 spiro atoms. The molecule has 0 bridgehead atoms. The molecule has 3 aromatic heterocycles. The van der Waals surface area contributed by atoms with Gasteiger partial charge >= 0.3 is 0 Å². The van der Waals surface area contributed by atoms with Crippen LogP contribution in [-0.2, 0) is 0 Å². The summed E-state index contributed by atoms with van der Waals surface area (Å²) in [6.07, 6.45) is 0. The second kappa shape index (κ2) is 2.31. The number of thiophene rings is 3. The summed E-state index contributed by atoms with van der Waals surface area (Å²) >= 11 is 5.68. The molecule has 0 aliphatic carbocycles. The van der Waals surface area contributed by atoms with E-state index in [1.807, 2.05) is 34.0 Å². The van der Waals surface area contributed by atoms with Crippen LogP contribution in [0.2, 0.25) is 0 Å². The zero-order valence-electron chi connectivity index (χ0n) is 6.46. The first-order valence-electron chi connectivity index (χ1n) is 3.71. The van der Waals surface area contributed by atoms with Crippen molar-refractivity contribution in [1.29, 1.82) is 0 Å². The molecule has 3 rings (SSSR count). The first kappa shape index (κ1) is 7.06. The summed E-state index contributed by atoms with van der Waals surface area (Å²) in [4.78, 5) is 1.42. The maximum atomic E-state index is 2.30. The van der Waals surface area contributed by atoms with Gasteiger partial charge in [-0.15, -0.1) is 34.0 Å². The van der Waals surface area contributed by atoms with E-state index in [0.29, 0.717) is 0 Å². The minimum absolute atomic E-state index is 1.42. The van der Waals surface area contributed by atoms with Crippen molar-refractivity contribution in [2.75, 3.05) is 0 Å². The molecule has 3 aromatic rings. The van der Waals surface area contributed by atoms with E-state index < -0.39 is 0 Å². The van der Waals surface area contributed by atoms with Crippen LogP contribution in [0.5, 0.6) is 0 Å². The Morgan fingerprint density at radius 1 is 1.08 bits per heavy atom. The summed E-state index contributed by atoms with van der Waals surface area (Å²) in [6.45, 7) is 2.18. The largest absolute Gasteiger partial charge is 0.133 e. The van der Waals surface area contributed by atoms with Crippen molar-refractivity contribution in [2.24, 2.45) is 0 Å². The Hall–Kier alpha value is -0.380. The van der Waals surface area contributed by atoms with Gasteiger partial charge in [-0.05, 0) is 24.4 Å². The van der Waals surface area contributed by atoms with Gasteiger partial charge in [-0.25, -0.2) is 0 Å². The van der Waals surface area contributed by atoms with Crippen LogP contribution in [0.4, 0.5) is 0 Å². The van der Waals surface area contributed by atoms with Gasteiger partial charge in [0.2, 0.25) is 0 Å². The summed E-state index contributed by atoms with van der Waals surface area (Å²) in [6, 6.07) is 4.52. The summed E-state index contributed by atoms with van der Waals surface area (Å²) in [7, 11) is 0. The summed E-state index contributed by atoms with van der Waals surface area (Å²) in [5, 5.41) is 5.08. The Morgan fingerprint density at radius 2 is 2.00 bits per heavy atom. The SMILES string of the molecule is Cc1cc2c(s1)sc1sccc12. The summed E-state index contributed by atoms with van der Waals surface area (Å²) in [5.41, 5.74) is 0. The predicted molar refractivity (Wildman–Crippen MR) is 59.8 cm³/mol. The van der Waals surface area contributed by atoms with E-state index in [4.69, 9.17) is 0 Å². The van der Waals surface area contributed by atoms with Gasteiger partial charge in [-0.3, -0.25) is 0 Å². The molecule has 0 atom stereocenters. The lowest BCUT2D eigenvalue weighted by Gasteiger charge is -1.74. The molecule has 3 heterocycles. The molecule has 0 N–H and O–H groups in total. The van der Waals surface area contributed by atoms with Crippen LogP contribution in [0.1, 0.15) is 4.88 Å². The van der Waals surface area contributed by atoms with Crippen LogP contribution in [0.3, 0.4) is 0 Å². The summed E-state index contributed by atoms with van der Waals surface area (Å²) in [5.74, 6) is 0. The smallest absolute Gasteiger partial charge is 0.0889 e. The van der Waals surface area contributed by atoms with Crippen molar-refractivity contribution < 1.29 is 0 Å². The molecule has 0 saturated carbocycles. The first-order valence-corrected chi connectivity index (χ1v) is 6.22. The predicted octanol–water partition coefficient (Wildman–Crippen LogP) is 4.49. The minimum atomic E-state index is 1.42. The monoisotopic (exact) mass is 210 g/mol. The van der Waals surface area contributed by atoms with E-state index in [-0.39, 0.29) is 0 Å². The third kappa shape index (κ3) is 0.815. The van der Waals surface area contributed by atoms with Crippen molar-refractivity contribution in [3.63, 3.8) is 0 Å². The Kier molecular flexibility index (Phi) is 1.36. The number of fused-ring (bicyclic) bond motifs is 3. The van der Waals surface area contributed by atoms with Gasteiger partial charge in [0.15, 0.2) is 0 Å². The normalized spacial score (nSPS) is 11.8. The van der Waals surface area contributed by atoms with Crippen molar-refractivity contribution in [3.05, 3.63) is 22.4 Å². The van der Waals surface area contributed by atoms with E-state index >= 15 is 0 Å². The molecule has 0 fully saturated rings. The molecule has 0 unspecified atom stereocenters. The topological polar surface area (TPSA) is 0 Å². The Bertz CT molecular complexity index is 538. The van der Waals surface area contributed by atoms with Crippen molar-refractivity contribution in [2.45, 2.75) is 6.92 Å². The lowest BCUT2D eigenvalue weighted by molar-refractivity contribution is 1.66. The van der Waals surface area contributed by atoms with Gasteiger partial charge in [-0.2, -0.15) is 0 Å². The number of rotatable bonds is 0. The van der Waals surface area contributed by atoms with Crippen molar-refractivity contribution >= 4 is 52.8 Å². The van der Waals surface area contributed by atoms with E-state index in [9.17, 15) is 0 Å². The Balaban J connectivity index is 2.64. The van der Waals surface area contributed by atoms with Crippen LogP contribution in [0.15, 0.2) is 17.5 Å². The standard InChI is InChI=1S/C9H6S3/c1-5-4-7-6-2-3-10-8(6)12-9(7)11-5/h2-4H,1H3. The number of aryl methyl sites for hydroxylation is 1. The van der Waals surface area contributed by atoms with E-state index in [2.05, 4.69) is 24.4 Å². The lowest BCUT2D eigenvalue weighted by Crippen LogP contribution is -1.51. The molecular weight excluding hydrogens is 204 g/mol. The van der Waals surface area contributed by atoms with Gasteiger partial charge in [0.25, 0.3) is 0 Å². The molecule has 0 aliphatic heterocycles. The third-order valence-electron chi connectivity index (χ3n) is 1.93. The van der Waals surface area contributed by atoms with Gasteiger partial charge in [-0.1, -0.05) is 0 Å². The lowest BCUT2D eigenvalue weighted by atomic mass is 10.3. The zero-order valence-corrected chi connectivity index (χ0v) is 8.91. The van der Waals surface area contributed by atoms with Gasteiger partial charge in [0.05, 0.1) is 8.03 Å². The molecule has 0 amide bonds. The van der Waals surface area contributed by atoms with E-state index in [1.54, 1.807) is 0 Å². The second-order valence-corrected chi connectivity index (χ2v) is 6.49. The summed E-state index contributed by atoms with van der Waals surface area (Å²) < 4.78 is 2.95. The van der Waals surface area contributed by atoms with Crippen LogP contribution < -0.4 is 0 Å². The molecular formula is C9H6S3. The number of hydrogen-bond donors (Lipinski definition) is 0. The van der Waals surface area contributed by atoms with Gasteiger partial charge in [0, 0.05) is 15.6 Å². The maximum Gasteiger partial charge on any atom is 0.0889 e. The zero-order chi connectivity index (χ0) is 8.13. The highest BCUT2D eigenvalue weighted by atomic mass is 32.2. The highest BCUT2D eigenvalue weighted by Crippen LogP contribution is 2.41. The average molecular weight is 210 g/mol. The Labute approximate surface area is 82.1 Å². The maximum absolute atomic E-state index is 2.30. The van der Waals surface area contributed by atoms with Crippen LogP contribution in [-0.4, -0.2) is 0 Å². The molecule has 0 saturated heterocycles. The molecule has 0 nitrogen and oxygen atoms in total. The molecule has 3 heteroatoms. The molecule has 0 radical (unpaired) electrons. The van der Waals surface area contributed by atoms with Crippen molar-refractivity contribution in [1.82, 2.24) is 0 Å². The molecule has 0 aromatic carbocycles. The second-order valence-electron chi connectivity index (χ2n) is 2.78. The van der Waals surface area contributed by atoms with E-state index in [0.717, 1.165) is 0 Å². The van der Waals surface area contributed by atoms with Crippen LogP contribution >= 0.6 is 34.0 Å². The fourth-order valence-electron chi connectivity index (χ4n) is 1.41. The fourth-order valence-corrected chi connectivity index (χ4v) is 5.11. The van der Waals surface area contributed by atoms with E-state index in [1.165, 1.54) is 23.7 Å². The molecule has 60 valence electrons. The first-order chi connectivity index (χ1) is 5.84. The van der Waals surface area contributed by atoms with Crippen molar-refractivity contribution in [3.8, 4) is 0 Å². The number of hydrogen-bond acceptors (Lipinski definition) is 3.